The van der Waals surface area contributed by atoms with E-state index >= 15 is 0 Å². The maximum atomic E-state index is 12.9. The summed E-state index contributed by atoms with van der Waals surface area (Å²) in [5.41, 5.74) is 9.84. The van der Waals surface area contributed by atoms with Crippen LogP contribution in [0.1, 0.15) is 12.7 Å². The lowest BCUT2D eigenvalue weighted by Gasteiger charge is -2.55. The van der Waals surface area contributed by atoms with Crippen molar-refractivity contribution in [1.29, 1.82) is 0 Å². The van der Waals surface area contributed by atoms with E-state index in [1.165, 1.54) is 28.4 Å². The molecule has 2 saturated heterocycles. The van der Waals surface area contributed by atoms with Gasteiger partial charge < -0.3 is 36.4 Å². The minimum Gasteiger partial charge on any atom is -0.549 e. The van der Waals surface area contributed by atoms with E-state index in [2.05, 4.69) is 24.8 Å². The van der Waals surface area contributed by atoms with Gasteiger partial charge in [0.05, 0.1) is 19.2 Å². The molecule has 14 nitrogen and oxygen atoms in total. The lowest BCUT2D eigenvalue weighted by molar-refractivity contribution is -0.713. The topological polar surface area (TPSA) is 206 Å². The molecule has 2 unspecified atom stereocenters. The van der Waals surface area contributed by atoms with Crippen molar-refractivity contribution >= 4 is 69.5 Å². The predicted octanol–water partition coefficient (Wildman–Crippen LogP) is -2.41. The Kier molecular flexibility index (Phi) is 7.51. The maximum Gasteiger partial charge on any atom is 0.361 e. The standard InChI is InChI=1S/C19H23N9O5S3/c1-3-33-25-10(12-24-17(21)36-26-12)13(29)23-11-14(30)28-6-19(16(31)32,7-34-15(11)28)8-35-18-22-9(20)4-5-27(18)2/h4-5,11,15,20H,3,6-8H2,1-2H3,(H4,21,23,24,26,29,31,32)/t11?,15-,19?/m1/s1. The largest absolute Gasteiger partial charge is 0.549 e. The predicted molar refractivity (Wildman–Crippen MR) is 130 cm³/mol. The number of aryl methyl sites for hydroxylation is 1. The molecule has 2 aliphatic heterocycles. The Morgan fingerprint density at radius 1 is 1.44 bits per heavy atom. The number of hydrogen-bond donors (Lipinski definition) is 3. The number of aromatic nitrogens is 4. The van der Waals surface area contributed by atoms with Crippen molar-refractivity contribution in [3.8, 4) is 0 Å². The van der Waals surface area contributed by atoms with Crippen LogP contribution in [0.5, 0.6) is 0 Å². The average Bonchev–Trinajstić information content (AvgIpc) is 3.28. The van der Waals surface area contributed by atoms with E-state index in [9.17, 15) is 19.5 Å². The number of aliphatic carboxylic acids is 1. The second-order valence-corrected chi connectivity index (χ2v) is 10.9. The first-order valence-corrected chi connectivity index (χ1v) is 13.4. The summed E-state index contributed by atoms with van der Waals surface area (Å²) >= 11 is 3.37. The van der Waals surface area contributed by atoms with Crippen LogP contribution < -0.4 is 26.5 Å². The molecule has 36 heavy (non-hydrogen) atoms. The van der Waals surface area contributed by atoms with Gasteiger partial charge in [-0.2, -0.15) is 9.36 Å². The molecule has 0 radical (unpaired) electrons. The smallest absolute Gasteiger partial charge is 0.361 e. The van der Waals surface area contributed by atoms with Gasteiger partial charge in [0.2, 0.25) is 23.3 Å². The van der Waals surface area contributed by atoms with E-state index in [1.54, 1.807) is 30.8 Å². The fraction of sp³-hybridized carbons (Fsp3) is 0.474. The molecule has 2 fully saturated rings. The molecule has 0 spiro atoms. The molecule has 0 bridgehead atoms. The molecule has 192 valence electrons. The zero-order valence-electron chi connectivity index (χ0n) is 19.2. The first-order valence-electron chi connectivity index (χ1n) is 10.6. The fourth-order valence-electron chi connectivity index (χ4n) is 3.57. The molecular formula is C19H23N9O5S3. The molecule has 0 saturated carbocycles. The third kappa shape index (κ3) is 5.03. The van der Waals surface area contributed by atoms with E-state index in [0.717, 1.165) is 11.5 Å². The van der Waals surface area contributed by atoms with Gasteiger partial charge in [-0.1, -0.05) is 5.16 Å². The van der Waals surface area contributed by atoms with E-state index in [1.807, 2.05) is 0 Å². The first-order chi connectivity index (χ1) is 17.1. The summed E-state index contributed by atoms with van der Waals surface area (Å²) in [5, 5.41) is 18.8. The molecular weight excluding hydrogens is 530 g/mol. The summed E-state index contributed by atoms with van der Waals surface area (Å²) in [6.45, 7) is 1.84. The number of anilines is 2. The van der Waals surface area contributed by atoms with Crippen molar-refractivity contribution in [2.75, 3.05) is 36.1 Å². The Bertz CT molecular complexity index is 1220. The molecule has 3 atom stereocenters. The Labute approximate surface area is 218 Å². The third-order valence-corrected chi connectivity index (χ3v) is 8.96. The van der Waals surface area contributed by atoms with Crippen LogP contribution in [0.15, 0.2) is 22.6 Å². The Morgan fingerprint density at radius 3 is 2.89 bits per heavy atom. The van der Waals surface area contributed by atoms with Crippen LogP contribution in [0.3, 0.4) is 0 Å². The van der Waals surface area contributed by atoms with Gasteiger partial charge in [0.25, 0.3) is 5.91 Å². The summed E-state index contributed by atoms with van der Waals surface area (Å²) in [6.07, 6.45) is 1.73. The number of nitrogens with one attached hydrogen (secondary N) is 1. The summed E-state index contributed by atoms with van der Waals surface area (Å²) in [7, 11) is 1.77. The molecule has 2 aliphatic rings. The van der Waals surface area contributed by atoms with Crippen LogP contribution in [0.2, 0.25) is 0 Å². The number of carboxylic acid groups (broad SMARTS) is 1. The highest BCUT2D eigenvalue weighted by Crippen LogP contribution is 2.43. The second kappa shape index (κ2) is 10.4. The highest BCUT2D eigenvalue weighted by atomic mass is 32.2. The minimum absolute atomic E-state index is 0.0142. The summed E-state index contributed by atoms with van der Waals surface area (Å²) in [5.74, 6) is -1.76. The number of fused-ring (bicyclic) bond motifs is 1. The van der Waals surface area contributed by atoms with Crippen LogP contribution >= 0.6 is 35.1 Å². The number of carboxylic acids is 1. The monoisotopic (exact) mass is 553 g/mol. The molecule has 4 rings (SSSR count). The molecule has 4 heterocycles. The lowest BCUT2D eigenvalue weighted by atomic mass is 9.89. The second-order valence-electron chi connectivity index (χ2n) is 8.04. The molecule has 2 aromatic heterocycles. The Balaban J connectivity index is 1.44. The van der Waals surface area contributed by atoms with E-state index in [4.69, 9.17) is 16.3 Å². The molecule has 17 heteroatoms. The van der Waals surface area contributed by atoms with Crippen molar-refractivity contribution in [1.82, 2.24) is 24.6 Å². The number of thioether (sulfide) groups is 2. The summed E-state index contributed by atoms with van der Waals surface area (Å²) in [6, 6.07) is 0.766. The first kappa shape index (κ1) is 25.9. The minimum atomic E-state index is -1.31. The van der Waals surface area contributed by atoms with E-state index < -0.39 is 34.6 Å². The Morgan fingerprint density at radius 2 is 2.22 bits per heavy atom. The normalized spacial score (nSPS) is 23.6. The lowest BCUT2D eigenvalue weighted by Crippen LogP contribution is -2.75. The number of amides is 2. The van der Waals surface area contributed by atoms with Crippen molar-refractivity contribution < 1.29 is 28.9 Å². The van der Waals surface area contributed by atoms with Crippen molar-refractivity contribution in [2.24, 2.45) is 17.6 Å². The zero-order chi connectivity index (χ0) is 26.0. The zero-order valence-corrected chi connectivity index (χ0v) is 21.7. The number of carbonyl (C=O) groups excluding carboxylic acids is 3. The average molecular weight is 554 g/mol. The number of β-lactam (4-membered cyclic amide) rings is 1. The highest BCUT2D eigenvalue weighted by molar-refractivity contribution is 8.00. The Hall–Kier alpha value is -3.18. The van der Waals surface area contributed by atoms with Gasteiger partial charge in [0.15, 0.2) is 5.13 Å². The van der Waals surface area contributed by atoms with Gasteiger partial charge in [-0.15, -0.1) is 11.8 Å². The van der Waals surface area contributed by atoms with E-state index in [0.29, 0.717) is 11.0 Å². The number of rotatable bonds is 9. The van der Waals surface area contributed by atoms with Crippen molar-refractivity contribution in [3.63, 3.8) is 0 Å². The van der Waals surface area contributed by atoms with Gasteiger partial charge in [0.1, 0.15) is 18.0 Å². The van der Waals surface area contributed by atoms with Gasteiger partial charge in [0, 0.05) is 41.1 Å². The van der Waals surface area contributed by atoms with Crippen molar-refractivity contribution in [2.45, 2.75) is 23.5 Å². The maximum absolute atomic E-state index is 12.9. The molecule has 2 aromatic rings. The molecule has 0 aliphatic carbocycles. The number of hydrogen-bond acceptors (Lipinski definition) is 14. The summed E-state index contributed by atoms with van der Waals surface area (Å²) < 4.78 is 5.71. The number of carbonyl (C=O) groups is 3. The quantitative estimate of drug-likeness (QED) is 0.0741. The van der Waals surface area contributed by atoms with Crippen LogP contribution in [-0.4, -0.2) is 78.8 Å². The number of nitrogens with zero attached hydrogens (tertiary/aromatic N) is 6. The van der Waals surface area contributed by atoms with Crippen LogP contribution in [0, 0.1) is 5.41 Å². The molecule has 2 amide bonds. The van der Waals surface area contributed by atoms with Crippen molar-refractivity contribution in [3.05, 3.63) is 18.1 Å². The highest BCUT2D eigenvalue weighted by Gasteiger charge is 2.56. The summed E-state index contributed by atoms with van der Waals surface area (Å²) in [4.78, 5) is 52.6. The van der Waals surface area contributed by atoms with Gasteiger partial charge >= 0.3 is 5.16 Å². The number of nitrogens with two attached hydrogens (primary N) is 2. The van der Waals surface area contributed by atoms with E-state index in [-0.39, 0.29) is 41.3 Å². The number of nitrogen functional groups attached to an aromatic ring is 2. The van der Waals surface area contributed by atoms with Gasteiger partial charge in [-0.3, -0.25) is 9.59 Å². The molecule has 5 N–H and O–H groups in total. The van der Waals surface area contributed by atoms with Crippen LogP contribution in [0.4, 0.5) is 10.9 Å². The fourth-order valence-corrected chi connectivity index (χ4v) is 6.82. The van der Waals surface area contributed by atoms with Crippen LogP contribution in [0.25, 0.3) is 0 Å². The number of oxime groups is 1. The molecule has 0 aromatic carbocycles. The third-order valence-electron chi connectivity index (χ3n) is 5.49. The van der Waals surface area contributed by atoms with Crippen LogP contribution in [-0.2, 0) is 26.3 Å². The SMILES string of the molecule is CCON=C(C(=O)NC1C(=O)N2CC(CSc3nc(N)cc[n+]3C)(C(=O)[O-])CS[C@H]12)c1nsc(N)n1. The van der Waals surface area contributed by atoms with Gasteiger partial charge in [-0.05, 0) is 23.7 Å². The van der Waals surface area contributed by atoms with Gasteiger partial charge in [-0.25, -0.2) is 4.57 Å².